The molecule has 1 N–H and O–H groups in total. The fourth-order valence-corrected chi connectivity index (χ4v) is 2.98. The van der Waals surface area contributed by atoms with E-state index in [0.29, 0.717) is 5.41 Å². The van der Waals surface area contributed by atoms with E-state index >= 15 is 0 Å². The Bertz CT molecular complexity index is 369. The van der Waals surface area contributed by atoms with Crippen molar-refractivity contribution in [3.63, 3.8) is 0 Å². The van der Waals surface area contributed by atoms with Gasteiger partial charge in [-0.05, 0) is 29.2 Å². The van der Waals surface area contributed by atoms with Gasteiger partial charge in [0.2, 0.25) is 0 Å². The van der Waals surface area contributed by atoms with Crippen LogP contribution in [0.2, 0.25) is 0 Å². The van der Waals surface area contributed by atoms with Crippen LogP contribution in [0.3, 0.4) is 0 Å². The molecule has 15 heavy (non-hydrogen) atoms. The summed E-state index contributed by atoms with van der Waals surface area (Å²) >= 11 is 0. The Hall–Kier alpha value is -1.05. The molecule has 2 nitrogen and oxygen atoms in total. The molecular weight excluding hydrogens is 184 g/mol. The molecule has 0 unspecified atom stereocenters. The molecule has 2 rings (SSSR count). The zero-order valence-electron chi connectivity index (χ0n) is 10.1. The summed E-state index contributed by atoms with van der Waals surface area (Å²) in [7, 11) is 0. The standard InChI is InChI=1S/C13H20N2/c1-12(2)7-10(8-13(3,4)9-12)11-14-5-6-15-11/h5-7H,8-9H2,1-4H3,(H,14,15). The zero-order valence-corrected chi connectivity index (χ0v) is 10.1. The lowest BCUT2D eigenvalue weighted by molar-refractivity contribution is 0.228. The van der Waals surface area contributed by atoms with Crippen molar-refractivity contribution < 1.29 is 0 Å². The van der Waals surface area contributed by atoms with E-state index in [9.17, 15) is 0 Å². The van der Waals surface area contributed by atoms with Crippen molar-refractivity contribution in [2.24, 2.45) is 10.8 Å². The highest BCUT2D eigenvalue weighted by Crippen LogP contribution is 2.46. The van der Waals surface area contributed by atoms with Gasteiger partial charge in [-0.15, -0.1) is 0 Å². The third-order valence-electron chi connectivity index (χ3n) is 2.97. The van der Waals surface area contributed by atoms with E-state index in [1.54, 1.807) is 0 Å². The molecule has 1 heterocycles. The first-order valence-electron chi connectivity index (χ1n) is 5.60. The predicted octanol–water partition coefficient (Wildman–Crippen LogP) is 3.64. The van der Waals surface area contributed by atoms with Crippen molar-refractivity contribution in [2.45, 2.75) is 40.5 Å². The third-order valence-corrected chi connectivity index (χ3v) is 2.97. The van der Waals surface area contributed by atoms with Crippen LogP contribution in [-0.4, -0.2) is 9.97 Å². The van der Waals surface area contributed by atoms with Gasteiger partial charge < -0.3 is 4.98 Å². The normalized spacial score (nSPS) is 23.6. The number of rotatable bonds is 1. The maximum Gasteiger partial charge on any atom is 0.132 e. The third kappa shape index (κ3) is 2.31. The SMILES string of the molecule is CC1(C)C=C(c2ncc[nH]2)CC(C)(C)C1. The Morgan fingerprint density at radius 2 is 2.00 bits per heavy atom. The summed E-state index contributed by atoms with van der Waals surface area (Å²) in [5, 5.41) is 0. The summed E-state index contributed by atoms with van der Waals surface area (Å²) in [6, 6.07) is 0. The number of nitrogens with one attached hydrogen (secondary N) is 1. The monoisotopic (exact) mass is 204 g/mol. The smallest absolute Gasteiger partial charge is 0.132 e. The summed E-state index contributed by atoms with van der Waals surface area (Å²) in [5.41, 5.74) is 2.02. The number of nitrogens with zero attached hydrogens (tertiary/aromatic N) is 1. The highest BCUT2D eigenvalue weighted by Gasteiger charge is 2.33. The van der Waals surface area contributed by atoms with Crippen LogP contribution < -0.4 is 0 Å². The van der Waals surface area contributed by atoms with Crippen LogP contribution in [-0.2, 0) is 0 Å². The number of aromatic nitrogens is 2. The van der Waals surface area contributed by atoms with Crippen molar-refractivity contribution >= 4 is 5.57 Å². The molecule has 2 heteroatoms. The van der Waals surface area contributed by atoms with Gasteiger partial charge in [0.25, 0.3) is 0 Å². The second kappa shape index (κ2) is 3.22. The quantitative estimate of drug-likeness (QED) is 0.743. The molecule has 0 radical (unpaired) electrons. The summed E-state index contributed by atoms with van der Waals surface area (Å²) < 4.78 is 0. The highest BCUT2D eigenvalue weighted by atomic mass is 14.9. The van der Waals surface area contributed by atoms with E-state index in [1.165, 1.54) is 12.0 Å². The van der Waals surface area contributed by atoms with Crippen LogP contribution in [0.5, 0.6) is 0 Å². The number of hydrogen-bond acceptors (Lipinski definition) is 1. The molecular formula is C13H20N2. The molecule has 0 atom stereocenters. The number of hydrogen-bond donors (Lipinski definition) is 1. The first kappa shape index (κ1) is 10.5. The van der Waals surface area contributed by atoms with Crippen LogP contribution in [0.15, 0.2) is 18.5 Å². The molecule has 0 amide bonds. The average Bonchev–Trinajstić information content (AvgIpc) is 2.48. The lowest BCUT2D eigenvalue weighted by Gasteiger charge is -2.38. The van der Waals surface area contributed by atoms with E-state index in [2.05, 4.69) is 43.7 Å². The molecule has 0 saturated carbocycles. The van der Waals surface area contributed by atoms with E-state index in [-0.39, 0.29) is 5.41 Å². The van der Waals surface area contributed by atoms with E-state index in [0.717, 1.165) is 12.2 Å². The fourth-order valence-electron chi connectivity index (χ4n) is 2.98. The zero-order chi connectivity index (χ0) is 11.1. The Morgan fingerprint density at radius 1 is 1.27 bits per heavy atom. The molecule has 82 valence electrons. The Morgan fingerprint density at radius 3 is 2.53 bits per heavy atom. The van der Waals surface area contributed by atoms with Crippen LogP contribution in [0.25, 0.3) is 5.57 Å². The lowest BCUT2D eigenvalue weighted by Crippen LogP contribution is -2.26. The van der Waals surface area contributed by atoms with Gasteiger partial charge in [-0.2, -0.15) is 0 Å². The van der Waals surface area contributed by atoms with Gasteiger partial charge in [0.1, 0.15) is 5.82 Å². The van der Waals surface area contributed by atoms with E-state index in [1.807, 2.05) is 12.4 Å². The van der Waals surface area contributed by atoms with Gasteiger partial charge in [-0.3, -0.25) is 0 Å². The topological polar surface area (TPSA) is 28.7 Å². The second-order valence-electron chi connectivity index (χ2n) is 6.11. The highest BCUT2D eigenvalue weighted by molar-refractivity contribution is 5.62. The predicted molar refractivity (Wildman–Crippen MR) is 63.4 cm³/mol. The van der Waals surface area contributed by atoms with Crippen LogP contribution in [0, 0.1) is 10.8 Å². The Kier molecular flexibility index (Phi) is 2.25. The maximum absolute atomic E-state index is 4.35. The Labute approximate surface area is 91.8 Å². The molecule has 0 aliphatic heterocycles. The number of allylic oxidation sites excluding steroid dienone is 2. The van der Waals surface area contributed by atoms with Gasteiger partial charge in [0, 0.05) is 12.4 Å². The minimum absolute atomic E-state index is 0.282. The minimum atomic E-state index is 0.282. The molecule has 0 fully saturated rings. The van der Waals surface area contributed by atoms with Gasteiger partial charge in [0.15, 0.2) is 0 Å². The molecule has 0 aromatic carbocycles. The molecule has 1 aliphatic carbocycles. The van der Waals surface area contributed by atoms with Crippen LogP contribution >= 0.6 is 0 Å². The summed E-state index contributed by atoms with van der Waals surface area (Å²) in [6.45, 7) is 9.28. The van der Waals surface area contributed by atoms with E-state index < -0.39 is 0 Å². The first-order valence-corrected chi connectivity index (χ1v) is 5.60. The molecule has 1 aromatic heterocycles. The van der Waals surface area contributed by atoms with E-state index in [4.69, 9.17) is 0 Å². The summed E-state index contributed by atoms with van der Waals surface area (Å²) in [4.78, 5) is 7.55. The summed E-state index contributed by atoms with van der Waals surface area (Å²) in [6.07, 6.45) is 8.45. The Balaban J connectivity index is 2.37. The number of imidazole rings is 1. The number of H-pyrrole nitrogens is 1. The van der Waals surface area contributed by atoms with Gasteiger partial charge >= 0.3 is 0 Å². The van der Waals surface area contributed by atoms with Gasteiger partial charge in [-0.1, -0.05) is 33.8 Å². The largest absolute Gasteiger partial charge is 0.345 e. The van der Waals surface area contributed by atoms with Crippen molar-refractivity contribution in [1.29, 1.82) is 0 Å². The minimum Gasteiger partial charge on any atom is -0.345 e. The van der Waals surface area contributed by atoms with Gasteiger partial charge in [-0.25, -0.2) is 4.98 Å². The van der Waals surface area contributed by atoms with Crippen molar-refractivity contribution in [2.75, 3.05) is 0 Å². The fraction of sp³-hybridized carbons (Fsp3) is 0.615. The van der Waals surface area contributed by atoms with Crippen molar-refractivity contribution in [3.05, 3.63) is 24.3 Å². The van der Waals surface area contributed by atoms with Crippen LogP contribution in [0.1, 0.15) is 46.4 Å². The van der Waals surface area contributed by atoms with Crippen molar-refractivity contribution in [1.82, 2.24) is 9.97 Å². The lowest BCUT2D eigenvalue weighted by atomic mass is 9.66. The molecule has 1 aliphatic rings. The maximum atomic E-state index is 4.35. The molecule has 1 aromatic rings. The number of aromatic amines is 1. The second-order valence-corrected chi connectivity index (χ2v) is 6.11. The molecule has 0 bridgehead atoms. The molecule has 0 saturated heterocycles. The average molecular weight is 204 g/mol. The summed E-state index contributed by atoms with van der Waals surface area (Å²) in [5.74, 6) is 1.04. The molecule has 0 spiro atoms. The van der Waals surface area contributed by atoms with Crippen LogP contribution in [0.4, 0.5) is 0 Å². The van der Waals surface area contributed by atoms with Gasteiger partial charge in [0.05, 0.1) is 0 Å². The first-order chi connectivity index (χ1) is 6.88. The van der Waals surface area contributed by atoms with Crippen molar-refractivity contribution in [3.8, 4) is 0 Å².